The Morgan fingerprint density at radius 2 is 2.03 bits per heavy atom. The second-order valence-corrected chi connectivity index (χ2v) is 9.48. The highest BCUT2D eigenvalue weighted by Gasteiger charge is 2.35. The largest absolute Gasteiger partial charge is 0.481 e. The number of hydrogen-bond donors (Lipinski definition) is 3. The van der Waals surface area contributed by atoms with Crippen molar-refractivity contribution in [2.45, 2.75) is 38.1 Å². The van der Waals surface area contributed by atoms with E-state index in [-0.39, 0.29) is 30.1 Å². The Kier molecular flexibility index (Phi) is 7.15. The summed E-state index contributed by atoms with van der Waals surface area (Å²) in [6, 6.07) is 6.04. The van der Waals surface area contributed by atoms with Gasteiger partial charge in [0.15, 0.2) is 12.4 Å². The van der Waals surface area contributed by atoms with E-state index in [0.717, 1.165) is 17.7 Å². The fraction of sp³-hybridized carbons (Fsp3) is 0.280. The van der Waals surface area contributed by atoms with E-state index in [1.807, 2.05) is 0 Å². The maximum atomic E-state index is 14.4. The maximum absolute atomic E-state index is 14.4. The van der Waals surface area contributed by atoms with Crippen molar-refractivity contribution in [3.8, 4) is 0 Å². The number of imide groups is 1. The van der Waals surface area contributed by atoms with Gasteiger partial charge in [-0.25, -0.2) is 14.3 Å². The summed E-state index contributed by atoms with van der Waals surface area (Å²) in [4.78, 5) is 53.0. The summed E-state index contributed by atoms with van der Waals surface area (Å²) >= 11 is 6.02. The number of rotatable bonds is 10. The number of aromatic nitrogens is 3. The fourth-order valence-electron chi connectivity index (χ4n) is 3.89. The van der Waals surface area contributed by atoms with E-state index in [4.69, 9.17) is 21.4 Å². The molecule has 0 bridgehead atoms. The third-order valence-electron chi connectivity index (χ3n) is 6.01. The minimum atomic E-state index is -1.17. The highest BCUT2D eigenvalue weighted by molar-refractivity contribution is 6.30. The smallest absolute Gasteiger partial charge is 0.308 e. The molecular weight excluding hydrogens is 535 g/mol. The van der Waals surface area contributed by atoms with Gasteiger partial charge in [0.05, 0.1) is 31.1 Å². The van der Waals surface area contributed by atoms with Crippen molar-refractivity contribution in [2.75, 3.05) is 17.4 Å². The van der Waals surface area contributed by atoms with Crippen LogP contribution in [0.5, 0.6) is 0 Å². The molecule has 3 N–H and O–H groups in total. The van der Waals surface area contributed by atoms with Crippen molar-refractivity contribution in [3.63, 3.8) is 0 Å². The Bertz CT molecular complexity index is 1530. The molecule has 3 heterocycles. The molecule has 0 unspecified atom stereocenters. The first kappa shape index (κ1) is 26.1. The maximum Gasteiger partial charge on any atom is 0.308 e. The average Bonchev–Trinajstić information content (AvgIpc) is 3.55. The van der Waals surface area contributed by atoms with Gasteiger partial charge in [-0.1, -0.05) is 11.6 Å². The number of halogens is 2. The number of carboxylic acids is 1. The fourth-order valence-corrected chi connectivity index (χ4v) is 4.06. The third kappa shape index (κ3) is 5.98. The zero-order valence-corrected chi connectivity index (χ0v) is 21.1. The number of likely N-dealkylation sites (tertiary alicyclic amines) is 1. The van der Waals surface area contributed by atoms with Crippen molar-refractivity contribution in [1.82, 2.24) is 19.5 Å². The van der Waals surface area contributed by atoms with Gasteiger partial charge in [-0.3, -0.25) is 19.2 Å². The standard InChI is InChI=1S/C25H22ClFN6O6/c26-15-1-4-17(27)18(9-15)30-19-10-20(29-16-2-3-16)33-24(31-19)14(11-28-33)7-13-8-21(34)32(25(13)38)12-39-23(37)6-5-22(35)36/h1,4,7,9-11,16,29H,2-3,5-6,8,12H2,(H,30,31)(H,35,36)/b13-7+. The Labute approximate surface area is 225 Å². The SMILES string of the molecule is O=C(O)CCC(=O)OCN1C(=O)C/C(=C\c2cnn3c(NC4CC4)cc(Nc4cc(Cl)ccc4F)nc23)C1=O. The van der Waals surface area contributed by atoms with Crippen LogP contribution in [0.1, 0.15) is 37.7 Å². The minimum Gasteiger partial charge on any atom is -0.481 e. The second-order valence-electron chi connectivity index (χ2n) is 9.04. The number of ether oxygens (including phenoxy) is 1. The van der Waals surface area contributed by atoms with Crippen LogP contribution in [0.3, 0.4) is 0 Å². The molecule has 2 fully saturated rings. The number of nitrogens with zero attached hydrogens (tertiary/aromatic N) is 4. The van der Waals surface area contributed by atoms with Gasteiger partial charge in [0.25, 0.3) is 5.91 Å². The van der Waals surface area contributed by atoms with Gasteiger partial charge in [0.1, 0.15) is 17.5 Å². The lowest BCUT2D eigenvalue weighted by molar-refractivity contribution is -0.156. The molecule has 5 rings (SSSR count). The molecular formula is C25H22ClFN6O6. The monoisotopic (exact) mass is 556 g/mol. The summed E-state index contributed by atoms with van der Waals surface area (Å²) < 4.78 is 20.8. The third-order valence-corrected chi connectivity index (χ3v) is 6.24. The number of aliphatic carboxylic acids is 1. The highest BCUT2D eigenvalue weighted by Crippen LogP contribution is 2.30. The van der Waals surface area contributed by atoms with E-state index in [1.54, 1.807) is 10.6 Å². The lowest BCUT2D eigenvalue weighted by atomic mass is 10.1. The minimum absolute atomic E-state index is 0.126. The number of benzene rings is 1. The van der Waals surface area contributed by atoms with Gasteiger partial charge in [0.2, 0.25) is 5.91 Å². The number of carbonyl (C=O) groups is 4. The summed E-state index contributed by atoms with van der Waals surface area (Å²) in [5.74, 6) is -2.86. The number of nitrogens with one attached hydrogen (secondary N) is 2. The average molecular weight is 557 g/mol. The molecule has 1 aliphatic carbocycles. The van der Waals surface area contributed by atoms with Gasteiger partial charge in [0, 0.05) is 28.3 Å². The quantitative estimate of drug-likeness (QED) is 0.192. The Morgan fingerprint density at radius 1 is 1.23 bits per heavy atom. The van der Waals surface area contributed by atoms with E-state index in [0.29, 0.717) is 27.9 Å². The van der Waals surface area contributed by atoms with Crippen LogP contribution in [0.15, 0.2) is 36.0 Å². The van der Waals surface area contributed by atoms with E-state index < -0.39 is 42.7 Å². The molecule has 0 radical (unpaired) electrons. The molecule has 39 heavy (non-hydrogen) atoms. The van der Waals surface area contributed by atoms with Crippen molar-refractivity contribution in [1.29, 1.82) is 0 Å². The van der Waals surface area contributed by atoms with Crippen LogP contribution in [-0.2, 0) is 23.9 Å². The summed E-state index contributed by atoms with van der Waals surface area (Å²) in [6.45, 7) is -0.616. The molecule has 1 saturated carbocycles. The number of anilines is 3. The number of carbonyl (C=O) groups excluding carboxylic acids is 3. The number of hydrogen-bond acceptors (Lipinski definition) is 9. The number of carboxylic acid groups (broad SMARTS) is 1. The molecule has 3 aromatic rings. The molecule has 1 aliphatic heterocycles. The Balaban J connectivity index is 1.41. The summed E-state index contributed by atoms with van der Waals surface area (Å²) in [7, 11) is 0. The highest BCUT2D eigenvalue weighted by atomic mass is 35.5. The molecule has 1 saturated heterocycles. The van der Waals surface area contributed by atoms with Crippen molar-refractivity contribution in [2.24, 2.45) is 0 Å². The predicted octanol–water partition coefficient (Wildman–Crippen LogP) is 3.35. The van der Waals surface area contributed by atoms with Gasteiger partial charge in [-0.15, -0.1) is 0 Å². The first-order valence-electron chi connectivity index (χ1n) is 12.0. The summed E-state index contributed by atoms with van der Waals surface area (Å²) in [5, 5.41) is 19.7. The Hall–Kier alpha value is -4.52. The molecule has 2 aromatic heterocycles. The van der Waals surface area contributed by atoms with E-state index in [9.17, 15) is 23.6 Å². The van der Waals surface area contributed by atoms with Crippen LogP contribution in [0.25, 0.3) is 11.7 Å². The summed E-state index contributed by atoms with van der Waals surface area (Å²) in [5.41, 5.74) is 1.04. The van der Waals surface area contributed by atoms with Crippen molar-refractivity contribution < 1.29 is 33.4 Å². The van der Waals surface area contributed by atoms with Gasteiger partial charge in [-0.05, 0) is 37.1 Å². The molecule has 2 amide bonds. The number of amides is 2. The predicted molar refractivity (Wildman–Crippen MR) is 137 cm³/mol. The number of esters is 1. The zero-order valence-electron chi connectivity index (χ0n) is 20.3. The molecule has 1 aromatic carbocycles. The van der Waals surface area contributed by atoms with Crippen molar-refractivity contribution in [3.05, 3.63) is 52.4 Å². The lowest BCUT2D eigenvalue weighted by Gasteiger charge is -2.13. The molecule has 12 nitrogen and oxygen atoms in total. The van der Waals surface area contributed by atoms with E-state index in [1.165, 1.54) is 30.5 Å². The molecule has 2 aliphatic rings. The van der Waals surface area contributed by atoms with Crippen LogP contribution in [0, 0.1) is 5.82 Å². The first-order valence-corrected chi connectivity index (χ1v) is 12.4. The second kappa shape index (κ2) is 10.7. The van der Waals surface area contributed by atoms with E-state index in [2.05, 4.69) is 20.7 Å². The van der Waals surface area contributed by atoms with Crippen LogP contribution >= 0.6 is 11.6 Å². The van der Waals surface area contributed by atoms with Crippen LogP contribution in [-0.4, -0.2) is 61.1 Å². The first-order chi connectivity index (χ1) is 18.7. The lowest BCUT2D eigenvalue weighted by Crippen LogP contribution is -2.33. The topological polar surface area (TPSA) is 155 Å². The van der Waals surface area contributed by atoms with Crippen molar-refractivity contribution >= 4 is 64.4 Å². The normalized spacial score (nSPS) is 16.3. The van der Waals surface area contributed by atoms with Gasteiger partial charge >= 0.3 is 11.9 Å². The molecule has 14 heteroatoms. The molecule has 0 spiro atoms. The number of fused-ring (bicyclic) bond motifs is 1. The van der Waals surface area contributed by atoms with E-state index >= 15 is 0 Å². The van der Waals surface area contributed by atoms with Crippen LogP contribution < -0.4 is 10.6 Å². The zero-order chi connectivity index (χ0) is 27.7. The molecule has 202 valence electrons. The summed E-state index contributed by atoms with van der Waals surface area (Å²) in [6.07, 6.45) is 3.90. The molecule has 0 atom stereocenters. The van der Waals surface area contributed by atoms with Crippen LogP contribution in [0.4, 0.5) is 21.7 Å². The van der Waals surface area contributed by atoms with Gasteiger partial charge < -0.3 is 20.5 Å². The van der Waals surface area contributed by atoms with Gasteiger partial charge in [-0.2, -0.15) is 9.61 Å². The Morgan fingerprint density at radius 3 is 2.77 bits per heavy atom. The van der Waals surface area contributed by atoms with Crippen LogP contribution in [0.2, 0.25) is 5.02 Å².